The van der Waals surface area contributed by atoms with Gasteiger partial charge in [0.05, 0.1) is 12.7 Å². The molecule has 9 nitrogen and oxygen atoms in total. The van der Waals surface area contributed by atoms with Crippen LogP contribution >= 0.6 is 0 Å². The van der Waals surface area contributed by atoms with Gasteiger partial charge in [0.2, 0.25) is 0 Å². The van der Waals surface area contributed by atoms with Crippen molar-refractivity contribution in [1.29, 1.82) is 0 Å². The molecule has 1 unspecified atom stereocenters. The van der Waals surface area contributed by atoms with Crippen molar-refractivity contribution < 1.29 is 23.8 Å². The number of nitrogens with two attached hydrogens (primary N) is 1. The maximum Gasteiger partial charge on any atom is 0.279 e. The maximum absolute atomic E-state index is 12.8. The number of aliphatic imine (C=N–C) groups is 1. The number of carbonyl (C=O) groups is 2. The minimum Gasteiger partial charge on any atom is -0.488 e. The lowest BCUT2D eigenvalue weighted by molar-refractivity contribution is 0.0229. The summed E-state index contributed by atoms with van der Waals surface area (Å²) in [5, 5.41) is 2.79. The van der Waals surface area contributed by atoms with Gasteiger partial charge in [-0.1, -0.05) is 0 Å². The Morgan fingerprint density at radius 1 is 1.06 bits per heavy atom. The van der Waals surface area contributed by atoms with Gasteiger partial charge in [-0.05, 0) is 76.4 Å². The molecule has 3 N–H and O–H groups in total. The van der Waals surface area contributed by atoms with Gasteiger partial charge in [0, 0.05) is 37.8 Å². The van der Waals surface area contributed by atoms with Crippen molar-refractivity contribution in [3.63, 3.8) is 0 Å². The number of nitrogens with one attached hydrogen (secondary N) is 1. The first kappa shape index (κ1) is 28.4. The van der Waals surface area contributed by atoms with Crippen molar-refractivity contribution >= 4 is 17.6 Å². The van der Waals surface area contributed by atoms with E-state index in [1.807, 2.05) is 27.7 Å². The third kappa shape index (κ3) is 9.07. The molecule has 2 aromatic carbocycles. The van der Waals surface area contributed by atoms with Crippen LogP contribution in [0.5, 0.6) is 17.2 Å². The van der Waals surface area contributed by atoms with Gasteiger partial charge < -0.3 is 30.2 Å². The molecule has 2 aromatic rings. The highest BCUT2D eigenvalue weighted by molar-refractivity contribution is 6.06. The highest BCUT2D eigenvalue weighted by atomic mass is 16.5. The van der Waals surface area contributed by atoms with E-state index in [0.29, 0.717) is 36.0 Å². The second kappa shape index (κ2) is 13.9. The molecule has 0 saturated carbocycles. The van der Waals surface area contributed by atoms with Crippen LogP contribution in [0.4, 0.5) is 0 Å². The number of hydrogen-bond acceptors (Lipinski definition) is 6. The fourth-order valence-corrected chi connectivity index (χ4v) is 2.97. The number of ether oxygens (including phenoxy) is 3. The van der Waals surface area contributed by atoms with Gasteiger partial charge in [0.25, 0.3) is 11.8 Å². The van der Waals surface area contributed by atoms with E-state index in [9.17, 15) is 9.59 Å². The average Bonchev–Trinajstić information content (AvgIpc) is 2.85. The number of amides is 2. The maximum atomic E-state index is 12.8. The summed E-state index contributed by atoms with van der Waals surface area (Å²) in [6, 6.07) is 11.6. The van der Waals surface area contributed by atoms with E-state index in [1.165, 1.54) is 6.08 Å². The monoisotopic (exact) mass is 496 g/mol. The van der Waals surface area contributed by atoms with Gasteiger partial charge in [0.15, 0.2) is 0 Å². The van der Waals surface area contributed by atoms with Crippen LogP contribution in [0.3, 0.4) is 0 Å². The molecule has 0 aliphatic heterocycles. The molecular weight excluding hydrogens is 460 g/mol. The van der Waals surface area contributed by atoms with Gasteiger partial charge >= 0.3 is 0 Å². The molecule has 0 radical (unpaired) electrons. The minimum absolute atomic E-state index is 0.0548. The summed E-state index contributed by atoms with van der Waals surface area (Å²) in [7, 11) is 3.46. The largest absolute Gasteiger partial charge is 0.488 e. The number of carbonyl (C=O) groups excluding carboxylic acids is 2. The Bertz CT molecular complexity index is 1080. The second-order valence-electron chi connectivity index (χ2n) is 8.41. The van der Waals surface area contributed by atoms with Crippen LogP contribution in [0.15, 0.2) is 59.7 Å². The zero-order valence-electron chi connectivity index (χ0n) is 21.8. The molecule has 0 saturated heterocycles. The Kier molecular flexibility index (Phi) is 11.0. The third-order valence-corrected chi connectivity index (χ3v) is 4.94. The molecule has 0 aliphatic rings. The fraction of sp³-hybridized carbons (Fsp3) is 0.370. The molecule has 0 heterocycles. The number of rotatable bonds is 12. The Morgan fingerprint density at radius 3 is 2.33 bits per heavy atom. The zero-order valence-corrected chi connectivity index (χ0v) is 21.8. The fourth-order valence-electron chi connectivity index (χ4n) is 2.97. The molecule has 0 bridgehead atoms. The number of hydrogen-bond donors (Lipinski definition) is 2. The molecule has 194 valence electrons. The first-order chi connectivity index (χ1) is 17.1. The zero-order chi connectivity index (χ0) is 26.7. The van der Waals surface area contributed by atoms with Crippen molar-refractivity contribution in [3.05, 3.63) is 65.9 Å². The van der Waals surface area contributed by atoms with Crippen molar-refractivity contribution in [1.82, 2.24) is 10.2 Å². The lowest BCUT2D eigenvalue weighted by Crippen LogP contribution is -2.26. The SMILES string of the molecule is CCN(C)C(=O)c1ccc(Oc2cc(OC(C)COC(C)C)cc(C(=O)N=C(N)/C=C\NC)c2)cc1. The Hall–Kier alpha value is -3.85. The lowest BCUT2D eigenvalue weighted by Gasteiger charge is -2.18. The standard InChI is InChI=1S/C27H36N4O5/c1-7-31(6)27(33)20-8-10-22(11-9-20)36-24-15-21(26(32)30-25(28)12-13-29-5)14-23(16-24)35-19(4)17-34-18(2)3/h8-16,18-19,29H,7,17H2,1-6H3,(H2,28,30,32)/b13-12-. The van der Waals surface area contributed by atoms with Crippen LogP contribution in [-0.4, -0.2) is 62.0 Å². The Balaban J connectivity index is 2.32. The molecule has 36 heavy (non-hydrogen) atoms. The van der Waals surface area contributed by atoms with Crippen molar-refractivity contribution in [2.75, 3.05) is 27.2 Å². The number of benzene rings is 2. The van der Waals surface area contributed by atoms with E-state index in [1.54, 1.807) is 67.7 Å². The van der Waals surface area contributed by atoms with Crippen molar-refractivity contribution in [3.8, 4) is 17.2 Å². The Morgan fingerprint density at radius 2 is 1.72 bits per heavy atom. The molecular formula is C27H36N4O5. The third-order valence-electron chi connectivity index (χ3n) is 4.94. The summed E-state index contributed by atoms with van der Waals surface area (Å²) in [5.74, 6) is 0.728. The van der Waals surface area contributed by atoms with E-state index < -0.39 is 5.91 Å². The number of nitrogens with zero attached hydrogens (tertiary/aromatic N) is 2. The molecule has 2 rings (SSSR count). The lowest BCUT2D eigenvalue weighted by atomic mass is 10.1. The Labute approximate surface area is 212 Å². The predicted octanol–water partition coefficient (Wildman–Crippen LogP) is 3.99. The molecule has 0 aromatic heterocycles. The van der Waals surface area contributed by atoms with E-state index >= 15 is 0 Å². The molecule has 0 aliphatic carbocycles. The van der Waals surface area contributed by atoms with Crippen LogP contribution in [0.1, 0.15) is 48.4 Å². The summed E-state index contributed by atoms with van der Waals surface area (Å²) in [4.78, 5) is 30.7. The van der Waals surface area contributed by atoms with Crippen LogP contribution in [0.2, 0.25) is 0 Å². The summed E-state index contributed by atoms with van der Waals surface area (Å²) < 4.78 is 17.6. The van der Waals surface area contributed by atoms with E-state index in [0.717, 1.165) is 0 Å². The van der Waals surface area contributed by atoms with Gasteiger partial charge in [-0.3, -0.25) is 9.59 Å². The predicted molar refractivity (Wildman–Crippen MR) is 141 cm³/mol. The van der Waals surface area contributed by atoms with Crippen molar-refractivity contribution in [2.45, 2.75) is 39.9 Å². The van der Waals surface area contributed by atoms with Gasteiger partial charge in [0.1, 0.15) is 29.2 Å². The van der Waals surface area contributed by atoms with Crippen molar-refractivity contribution in [2.24, 2.45) is 10.7 Å². The molecule has 0 fully saturated rings. The topological polar surface area (TPSA) is 115 Å². The normalized spacial score (nSPS) is 12.5. The quantitative estimate of drug-likeness (QED) is 0.337. The molecule has 1 atom stereocenters. The molecule has 2 amide bonds. The molecule has 0 spiro atoms. The van der Waals surface area contributed by atoms with Crippen LogP contribution in [0.25, 0.3) is 0 Å². The first-order valence-electron chi connectivity index (χ1n) is 11.8. The van der Waals surface area contributed by atoms with Gasteiger partial charge in [-0.2, -0.15) is 4.99 Å². The highest BCUT2D eigenvalue weighted by Crippen LogP contribution is 2.29. The average molecular weight is 497 g/mol. The van der Waals surface area contributed by atoms with E-state index in [2.05, 4.69) is 10.3 Å². The van der Waals surface area contributed by atoms with Gasteiger partial charge in [-0.25, -0.2) is 0 Å². The minimum atomic E-state index is -0.543. The second-order valence-corrected chi connectivity index (χ2v) is 8.41. The van der Waals surface area contributed by atoms with Crippen LogP contribution < -0.4 is 20.5 Å². The highest BCUT2D eigenvalue weighted by Gasteiger charge is 2.14. The van der Waals surface area contributed by atoms with E-state index in [4.69, 9.17) is 19.9 Å². The number of amidine groups is 1. The summed E-state index contributed by atoms with van der Waals surface area (Å²) in [6.45, 7) is 8.67. The summed E-state index contributed by atoms with van der Waals surface area (Å²) >= 11 is 0. The van der Waals surface area contributed by atoms with Crippen LogP contribution in [-0.2, 0) is 4.74 Å². The smallest absolute Gasteiger partial charge is 0.279 e. The summed E-state index contributed by atoms with van der Waals surface area (Å²) in [6.07, 6.45) is 2.86. The van der Waals surface area contributed by atoms with E-state index in [-0.39, 0.29) is 29.5 Å². The molecule has 9 heteroatoms. The summed E-state index contributed by atoms with van der Waals surface area (Å²) in [5.41, 5.74) is 6.61. The van der Waals surface area contributed by atoms with Crippen LogP contribution in [0, 0.1) is 0 Å². The van der Waals surface area contributed by atoms with Gasteiger partial charge in [-0.15, -0.1) is 0 Å². The first-order valence-corrected chi connectivity index (χ1v) is 11.8.